The molecule has 0 aliphatic carbocycles. The van der Waals surface area contributed by atoms with Crippen LogP contribution in [0.15, 0.2) is 36.4 Å². The summed E-state index contributed by atoms with van der Waals surface area (Å²) in [5, 5.41) is 3.98. The number of amides is 1. The van der Waals surface area contributed by atoms with E-state index in [0.717, 1.165) is 26.1 Å². The number of carbonyl (C=O) groups excluding carboxylic acids is 1. The molecule has 0 unspecified atom stereocenters. The predicted octanol–water partition coefficient (Wildman–Crippen LogP) is 4.32. The van der Waals surface area contributed by atoms with Crippen LogP contribution < -0.4 is 15.0 Å². The first kappa shape index (κ1) is 21.3. The third-order valence-electron chi connectivity index (χ3n) is 5.94. The van der Waals surface area contributed by atoms with Gasteiger partial charge in [-0.05, 0) is 67.7 Å². The van der Waals surface area contributed by atoms with Crippen LogP contribution in [-0.4, -0.2) is 50.6 Å². The number of halogens is 2. The molecule has 1 atom stereocenters. The van der Waals surface area contributed by atoms with Crippen LogP contribution in [0, 0.1) is 0 Å². The molecule has 0 bridgehead atoms. The van der Waals surface area contributed by atoms with Gasteiger partial charge in [-0.15, -0.1) is 0 Å². The first-order valence-corrected chi connectivity index (χ1v) is 11.2. The highest BCUT2D eigenvalue weighted by Gasteiger charge is 2.26. The molecule has 160 valence electrons. The molecular formula is C23H27Cl2N3O2. The van der Waals surface area contributed by atoms with E-state index >= 15 is 0 Å². The minimum atomic E-state index is -0.161. The lowest BCUT2D eigenvalue weighted by atomic mass is 10.0. The Hall–Kier alpha value is -1.95. The average molecular weight is 448 g/mol. The summed E-state index contributed by atoms with van der Waals surface area (Å²) in [6.45, 7) is 3.67. The number of hydrogen-bond acceptors (Lipinski definition) is 4. The second kappa shape index (κ2) is 9.46. The Morgan fingerprint density at radius 1 is 1.13 bits per heavy atom. The second-order valence-corrected chi connectivity index (χ2v) is 8.83. The lowest BCUT2D eigenvalue weighted by Crippen LogP contribution is -2.38. The zero-order valence-corrected chi connectivity index (χ0v) is 18.7. The lowest BCUT2D eigenvalue weighted by molar-refractivity contribution is -0.123. The topological polar surface area (TPSA) is 44.8 Å². The van der Waals surface area contributed by atoms with Crippen LogP contribution in [0.1, 0.15) is 30.0 Å². The fourth-order valence-electron chi connectivity index (χ4n) is 4.30. The summed E-state index contributed by atoms with van der Waals surface area (Å²) < 4.78 is 5.57. The predicted molar refractivity (Wildman–Crippen MR) is 122 cm³/mol. The molecule has 0 saturated carbocycles. The Morgan fingerprint density at radius 3 is 2.70 bits per heavy atom. The Balaban J connectivity index is 1.39. The Labute approximate surface area is 187 Å². The summed E-state index contributed by atoms with van der Waals surface area (Å²) in [4.78, 5) is 17.2. The highest BCUT2D eigenvalue weighted by atomic mass is 35.5. The van der Waals surface area contributed by atoms with Crippen LogP contribution >= 0.6 is 23.2 Å². The standard InChI is InChI=1S/C23H27Cl2N3O2/c1-27-11-8-17-12-16(4-6-20(17)27)21(28-9-2-3-10-28)14-26-23(29)15-30-22-7-5-18(24)13-19(22)25/h4-7,12-13,21H,2-3,8-11,14-15H2,1H3,(H,26,29)/t21-/m1/s1. The van der Waals surface area contributed by atoms with Gasteiger partial charge in [-0.2, -0.15) is 0 Å². The van der Waals surface area contributed by atoms with Crippen molar-refractivity contribution in [3.05, 3.63) is 57.6 Å². The molecule has 2 heterocycles. The smallest absolute Gasteiger partial charge is 0.258 e. The van der Waals surface area contributed by atoms with Crippen molar-refractivity contribution in [2.45, 2.75) is 25.3 Å². The third-order valence-corrected chi connectivity index (χ3v) is 6.47. The van der Waals surface area contributed by atoms with E-state index in [1.165, 1.54) is 29.7 Å². The first-order chi connectivity index (χ1) is 14.5. The van der Waals surface area contributed by atoms with Gasteiger partial charge >= 0.3 is 0 Å². The van der Waals surface area contributed by atoms with Gasteiger partial charge in [0, 0.05) is 30.8 Å². The van der Waals surface area contributed by atoms with Gasteiger partial charge in [0.25, 0.3) is 5.91 Å². The zero-order valence-electron chi connectivity index (χ0n) is 17.2. The maximum Gasteiger partial charge on any atom is 0.258 e. The number of nitrogens with zero attached hydrogens (tertiary/aromatic N) is 2. The fourth-order valence-corrected chi connectivity index (χ4v) is 4.77. The quantitative estimate of drug-likeness (QED) is 0.686. The van der Waals surface area contributed by atoms with Crippen molar-refractivity contribution in [3.63, 3.8) is 0 Å². The summed E-state index contributed by atoms with van der Waals surface area (Å²) in [6, 6.07) is 11.9. The number of likely N-dealkylation sites (tertiary alicyclic amines) is 1. The molecule has 2 aliphatic rings. The van der Waals surface area contributed by atoms with Crippen LogP contribution in [-0.2, 0) is 11.2 Å². The van der Waals surface area contributed by atoms with Crippen molar-refractivity contribution in [1.29, 1.82) is 0 Å². The molecule has 4 rings (SSSR count). The van der Waals surface area contributed by atoms with E-state index in [-0.39, 0.29) is 18.6 Å². The molecule has 0 spiro atoms. The van der Waals surface area contributed by atoms with E-state index in [1.54, 1.807) is 18.2 Å². The van der Waals surface area contributed by atoms with Crippen molar-refractivity contribution in [1.82, 2.24) is 10.2 Å². The van der Waals surface area contributed by atoms with Gasteiger partial charge < -0.3 is 15.0 Å². The molecule has 2 aromatic carbocycles. The van der Waals surface area contributed by atoms with Gasteiger partial charge in [-0.1, -0.05) is 35.3 Å². The van der Waals surface area contributed by atoms with Crippen LogP contribution in [0.5, 0.6) is 5.75 Å². The molecule has 1 fully saturated rings. The normalized spacial score (nSPS) is 17.1. The number of carbonyl (C=O) groups is 1. The number of anilines is 1. The SMILES string of the molecule is CN1CCc2cc([C@@H](CNC(=O)COc3ccc(Cl)cc3Cl)N3CCCC3)ccc21. The summed E-state index contributed by atoms with van der Waals surface area (Å²) in [6.07, 6.45) is 3.49. The van der Waals surface area contributed by atoms with E-state index in [9.17, 15) is 4.79 Å². The summed E-state index contributed by atoms with van der Waals surface area (Å²) in [5.41, 5.74) is 3.98. The minimum absolute atomic E-state index is 0.0803. The van der Waals surface area contributed by atoms with Gasteiger partial charge in [-0.3, -0.25) is 9.69 Å². The Bertz CT molecular complexity index is 915. The number of likely N-dealkylation sites (N-methyl/N-ethyl adjacent to an activating group) is 1. The molecular weight excluding hydrogens is 421 g/mol. The largest absolute Gasteiger partial charge is 0.482 e. The molecule has 7 heteroatoms. The highest BCUT2D eigenvalue weighted by molar-refractivity contribution is 6.35. The summed E-state index contributed by atoms with van der Waals surface area (Å²) in [5.74, 6) is 0.293. The van der Waals surface area contributed by atoms with Gasteiger partial charge in [0.1, 0.15) is 5.75 Å². The molecule has 5 nitrogen and oxygen atoms in total. The number of ether oxygens (including phenoxy) is 1. The van der Waals surface area contributed by atoms with Crippen molar-refractivity contribution >= 4 is 34.8 Å². The van der Waals surface area contributed by atoms with E-state index in [4.69, 9.17) is 27.9 Å². The number of rotatable bonds is 7. The molecule has 1 N–H and O–H groups in total. The molecule has 0 aromatic heterocycles. The molecule has 1 amide bonds. The van der Waals surface area contributed by atoms with Crippen molar-refractivity contribution in [3.8, 4) is 5.75 Å². The molecule has 0 radical (unpaired) electrons. The maximum atomic E-state index is 12.4. The van der Waals surface area contributed by atoms with E-state index in [2.05, 4.69) is 40.4 Å². The molecule has 2 aromatic rings. The Morgan fingerprint density at radius 2 is 1.93 bits per heavy atom. The monoisotopic (exact) mass is 447 g/mol. The lowest BCUT2D eigenvalue weighted by Gasteiger charge is -2.29. The minimum Gasteiger partial charge on any atom is -0.482 e. The zero-order chi connectivity index (χ0) is 21.1. The summed E-state index contributed by atoms with van der Waals surface area (Å²) >= 11 is 12.0. The summed E-state index contributed by atoms with van der Waals surface area (Å²) in [7, 11) is 2.14. The van der Waals surface area contributed by atoms with E-state index in [1.807, 2.05) is 0 Å². The van der Waals surface area contributed by atoms with Crippen molar-refractivity contribution in [2.75, 3.05) is 44.7 Å². The van der Waals surface area contributed by atoms with Crippen molar-refractivity contribution < 1.29 is 9.53 Å². The van der Waals surface area contributed by atoms with Crippen molar-refractivity contribution in [2.24, 2.45) is 0 Å². The van der Waals surface area contributed by atoms with Crippen LogP contribution in [0.2, 0.25) is 10.0 Å². The van der Waals surface area contributed by atoms with Gasteiger partial charge in [-0.25, -0.2) is 0 Å². The van der Waals surface area contributed by atoms with Crippen LogP contribution in [0.3, 0.4) is 0 Å². The molecule has 30 heavy (non-hydrogen) atoms. The third kappa shape index (κ3) is 4.85. The van der Waals surface area contributed by atoms with E-state index < -0.39 is 0 Å². The van der Waals surface area contributed by atoms with Gasteiger partial charge in [0.2, 0.25) is 0 Å². The first-order valence-electron chi connectivity index (χ1n) is 10.4. The molecule has 1 saturated heterocycles. The Kier molecular flexibility index (Phi) is 6.71. The average Bonchev–Trinajstić information content (AvgIpc) is 3.38. The number of fused-ring (bicyclic) bond motifs is 1. The maximum absolute atomic E-state index is 12.4. The number of nitrogens with one attached hydrogen (secondary N) is 1. The fraction of sp³-hybridized carbons (Fsp3) is 0.435. The highest BCUT2D eigenvalue weighted by Crippen LogP contribution is 2.32. The second-order valence-electron chi connectivity index (χ2n) is 7.99. The van der Waals surface area contributed by atoms with E-state index in [0.29, 0.717) is 22.3 Å². The van der Waals surface area contributed by atoms with Crippen LogP contribution in [0.4, 0.5) is 5.69 Å². The number of hydrogen-bond donors (Lipinski definition) is 1. The number of benzene rings is 2. The van der Waals surface area contributed by atoms with Gasteiger partial charge in [0.05, 0.1) is 11.1 Å². The molecule has 2 aliphatic heterocycles. The van der Waals surface area contributed by atoms with Gasteiger partial charge in [0.15, 0.2) is 6.61 Å². The van der Waals surface area contributed by atoms with Crippen LogP contribution in [0.25, 0.3) is 0 Å².